The van der Waals surface area contributed by atoms with E-state index in [1.165, 1.54) is 24.6 Å². The van der Waals surface area contributed by atoms with E-state index in [-0.39, 0.29) is 5.82 Å². The summed E-state index contributed by atoms with van der Waals surface area (Å²) in [7, 11) is 0. The van der Waals surface area contributed by atoms with Crippen LogP contribution in [0.2, 0.25) is 0 Å². The molecule has 1 fully saturated rings. The van der Waals surface area contributed by atoms with Crippen LogP contribution >= 0.6 is 11.9 Å². The number of rotatable bonds is 6. The number of benzene rings is 1. The van der Waals surface area contributed by atoms with E-state index in [4.69, 9.17) is 5.41 Å². The molecule has 0 radical (unpaired) electrons. The molecular weight excluding hydrogens is 359 g/mol. The maximum atomic E-state index is 14.8. The highest BCUT2D eigenvalue weighted by molar-refractivity contribution is 8.02. The maximum Gasteiger partial charge on any atom is 0.130 e. The monoisotopic (exact) mass is 386 g/mol. The Labute approximate surface area is 164 Å². The van der Waals surface area contributed by atoms with Gasteiger partial charge < -0.3 is 20.8 Å². The number of fused-ring (bicyclic) bond motifs is 2. The molecule has 4 N–H and O–H groups in total. The molecule has 3 aliphatic rings. The zero-order chi connectivity index (χ0) is 18.8. The second kappa shape index (κ2) is 7.97. The molecule has 144 valence electrons. The van der Waals surface area contributed by atoms with Crippen molar-refractivity contribution in [3.63, 3.8) is 0 Å². The Kier molecular flexibility index (Phi) is 5.43. The van der Waals surface area contributed by atoms with E-state index < -0.39 is 0 Å². The Bertz CT molecular complexity index is 772. The Morgan fingerprint density at radius 1 is 1.00 bits per heavy atom. The Morgan fingerprint density at radius 3 is 2.26 bits per heavy atom. The van der Waals surface area contributed by atoms with Crippen molar-refractivity contribution in [2.45, 2.75) is 57.8 Å². The van der Waals surface area contributed by atoms with E-state index in [2.05, 4.69) is 21.9 Å². The van der Waals surface area contributed by atoms with Gasteiger partial charge in [-0.1, -0.05) is 6.58 Å². The average Bonchev–Trinajstić information content (AvgIpc) is 3.36. The normalized spacial score (nSPS) is 19.7. The Balaban J connectivity index is 1.50. The van der Waals surface area contributed by atoms with E-state index in [0.717, 1.165) is 96.5 Å². The van der Waals surface area contributed by atoms with Crippen LogP contribution in [-0.2, 0) is 25.7 Å². The van der Waals surface area contributed by atoms with E-state index >= 15 is 0 Å². The number of hydrogen-bond acceptors (Lipinski definition) is 5. The van der Waals surface area contributed by atoms with Crippen molar-refractivity contribution in [1.82, 2.24) is 10.0 Å². The number of allylic oxidation sites excluding steroid dienone is 2. The second-order valence-electron chi connectivity index (χ2n) is 7.49. The average molecular weight is 387 g/mol. The Hall–Kier alpha value is -1.95. The topological polar surface area (TPSA) is 59.9 Å². The summed E-state index contributed by atoms with van der Waals surface area (Å²) in [6.45, 7) is 5.09. The van der Waals surface area contributed by atoms with Gasteiger partial charge in [-0.15, -0.1) is 0 Å². The third-order valence-electron chi connectivity index (χ3n) is 5.75. The number of hydrogen-bond donors (Lipinski definition) is 4. The minimum Gasteiger partial charge on any atom is -0.387 e. The van der Waals surface area contributed by atoms with Crippen molar-refractivity contribution < 1.29 is 4.39 Å². The smallest absolute Gasteiger partial charge is 0.130 e. The lowest BCUT2D eigenvalue weighted by atomic mass is 9.98. The quantitative estimate of drug-likeness (QED) is 0.428. The van der Waals surface area contributed by atoms with Crippen LogP contribution in [0.1, 0.15) is 54.4 Å². The summed E-state index contributed by atoms with van der Waals surface area (Å²) in [5.41, 5.74) is 6.31. The molecule has 0 atom stereocenters. The van der Waals surface area contributed by atoms with Crippen molar-refractivity contribution >= 4 is 23.8 Å². The van der Waals surface area contributed by atoms with Gasteiger partial charge in [0, 0.05) is 24.1 Å². The van der Waals surface area contributed by atoms with E-state index in [0.29, 0.717) is 5.82 Å². The van der Waals surface area contributed by atoms with Crippen molar-refractivity contribution in [2.24, 2.45) is 0 Å². The molecule has 1 aromatic carbocycles. The van der Waals surface area contributed by atoms with Crippen LogP contribution in [0.5, 0.6) is 0 Å². The minimum atomic E-state index is 0.0488. The highest BCUT2D eigenvalue weighted by atomic mass is 32.2. The molecule has 0 saturated carbocycles. The van der Waals surface area contributed by atoms with Crippen LogP contribution in [0.15, 0.2) is 23.0 Å². The van der Waals surface area contributed by atoms with Gasteiger partial charge in [-0.2, -0.15) is 0 Å². The fourth-order valence-electron chi connectivity index (χ4n) is 4.47. The fraction of sp³-hybridized carbons (Fsp3) is 0.476. The first-order valence-corrected chi connectivity index (χ1v) is 10.7. The van der Waals surface area contributed by atoms with Gasteiger partial charge in [0.25, 0.3) is 0 Å². The lowest BCUT2D eigenvalue weighted by Gasteiger charge is -2.21. The molecule has 1 heterocycles. The summed E-state index contributed by atoms with van der Waals surface area (Å²) in [6, 6.07) is 0. The number of piperidine rings is 1. The summed E-state index contributed by atoms with van der Waals surface area (Å²) < 4.78 is 18.0. The van der Waals surface area contributed by atoms with Crippen LogP contribution in [0.25, 0.3) is 0 Å². The predicted molar refractivity (Wildman–Crippen MR) is 112 cm³/mol. The number of anilines is 1. The summed E-state index contributed by atoms with van der Waals surface area (Å²) in [4.78, 5) is 0.896. The standard InChI is InChI=1S/C21H27FN4S/c1-13(26-27-19(12-23)18-10-2-3-11-24-18)25-21-16-8-4-6-14(16)20(22)15-7-5-9-17(15)21/h12,23-26H,1-11H2/b19-18+,23-12?. The highest BCUT2D eigenvalue weighted by Gasteiger charge is 2.29. The molecule has 2 aliphatic carbocycles. The molecule has 0 bridgehead atoms. The maximum absolute atomic E-state index is 14.8. The molecule has 0 unspecified atom stereocenters. The zero-order valence-electron chi connectivity index (χ0n) is 15.6. The van der Waals surface area contributed by atoms with Crippen LogP contribution in [0.3, 0.4) is 0 Å². The molecule has 1 aliphatic heterocycles. The largest absolute Gasteiger partial charge is 0.387 e. The van der Waals surface area contributed by atoms with Crippen LogP contribution in [0, 0.1) is 11.2 Å². The summed E-state index contributed by atoms with van der Waals surface area (Å²) >= 11 is 1.41. The zero-order valence-corrected chi connectivity index (χ0v) is 16.5. The fourth-order valence-corrected chi connectivity index (χ4v) is 5.12. The third kappa shape index (κ3) is 3.59. The van der Waals surface area contributed by atoms with Gasteiger partial charge in [-0.25, -0.2) is 4.39 Å². The minimum absolute atomic E-state index is 0.0488. The van der Waals surface area contributed by atoms with Crippen molar-refractivity contribution in [3.05, 3.63) is 51.1 Å². The molecule has 1 aromatic rings. The molecule has 4 rings (SSSR count). The Morgan fingerprint density at radius 2 is 1.67 bits per heavy atom. The first-order chi connectivity index (χ1) is 13.2. The summed E-state index contributed by atoms with van der Waals surface area (Å²) in [5, 5.41) is 14.5. The van der Waals surface area contributed by atoms with Crippen molar-refractivity contribution in [1.29, 1.82) is 5.41 Å². The molecule has 0 amide bonds. The first-order valence-electron chi connectivity index (χ1n) is 9.90. The van der Waals surface area contributed by atoms with Gasteiger partial charge in [-0.05, 0) is 92.0 Å². The molecule has 27 heavy (non-hydrogen) atoms. The first kappa shape index (κ1) is 18.4. The molecule has 0 spiro atoms. The van der Waals surface area contributed by atoms with E-state index in [1.807, 2.05) is 0 Å². The summed E-state index contributed by atoms with van der Waals surface area (Å²) in [6.07, 6.45) is 10.3. The van der Waals surface area contributed by atoms with Crippen molar-refractivity contribution in [2.75, 3.05) is 11.9 Å². The lowest BCUT2D eigenvalue weighted by molar-refractivity contribution is 0.588. The van der Waals surface area contributed by atoms with Gasteiger partial charge in [-0.3, -0.25) is 0 Å². The summed E-state index contributed by atoms with van der Waals surface area (Å²) in [5.74, 6) is 0.735. The van der Waals surface area contributed by atoms with Crippen LogP contribution in [0.4, 0.5) is 10.1 Å². The lowest BCUT2D eigenvalue weighted by Crippen LogP contribution is -2.22. The van der Waals surface area contributed by atoms with Crippen LogP contribution < -0.4 is 15.4 Å². The van der Waals surface area contributed by atoms with Gasteiger partial charge in [0.1, 0.15) is 11.6 Å². The SMILES string of the molecule is C=C(NS/C(C=N)=C1\CCCCN1)Nc1c2c(c(F)c3c1CCC3)CCC2. The van der Waals surface area contributed by atoms with Crippen LogP contribution in [-0.4, -0.2) is 12.8 Å². The van der Waals surface area contributed by atoms with Gasteiger partial charge >= 0.3 is 0 Å². The number of nitrogens with one attached hydrogen (secondary N) is 4. The van der Waals surface area contributed by atoms with Crippen molar-refractivity contribution in [3.8, 4) is 0 Å². The second-order valence-corrected chi connectivity index (χ2v) is 8.34. The number of halogens is 1. The third-order valence-corrected chi connectivity index (χ3v) is 6.68. The molecular formula is C21H27FN4S. The predicted octanol–water partition coefficient (Wildman–Crippen LogP) is 4.56. The van der Waals surface area contributed by atoms with Gasteiger partial charge in [0.2, 0.25) is 0 Å². The van der Waals surface area contributed by atoms with E-state index in [9.17, 15) is 4.39 Å². The molecule has 0 aromatic heterocycles. The molecule has 1 saturated heterocycles. The molecule has 4 nitrogen and oxygen atoms in total. The van der Waals surface area contributed by atoms with E-state index in [1.54, 1.807) is 0 Å². The molecule has 6 heteroatoms. The highest BCUT2D eigenvalue weighted by Crippen LogP contribution is 2.41. The van der Waals surface area contributed by atoms with Gasteiger partial charge in [0.05, 0.1) is 4.91 Å². The van der Waals surface area contributed by atoms with Gasteiger partial charge in [0.15, 0.2) is 0 Å².